The monoisotopic (exact) mass is 370 g/mol. The zero-order chi connectivity index (χ0) is 19.8. The van der Waals surface area contributed by atoms with Crippen LogP contribution in [0.5, 0.6) is 0 Å². The van der Waals surface area contributed by atoms with Crippen LogP contribution in [0.3, 0.4) is 0 Å². The average molecular weight is 370 g/mol. The summed E-state index contributed by atoms with van der Waals surface area (Å²) in [6, 6.07) is 18.9. The zero-order valence-corrected chi connectivity index (χ0v) is 16.7. The van der Waals surface area contributed by atoms with Gasteiger partial charge in [-0.1, -0.05) is 19.1 Å². The summed E-state index contributed by atoms with van der Waals surface area (Å²) in [4.78, 5) is 5.52. The number of anilines is 3. The Bertz CT molecular complexity index is 1210. The number of aromatic nitrogens is 2. The number of imidazole rings is 1. The van der Waals surface area contributed by atoms with E-state index in [1.807, 2.05) is 39.2 Å². The van der Waals surface area contributed by atoms with Crippen molar-refractivity contribution in [3.63, 3.8) is 0 Å². The summed E-state index contributed by atoms with van der Waals surface area (Å²) in [5.74, 6) is 1.00. The van der Waals surface area contributed by atoms with E-state index >= 15 is 0 Å². The highest BCUT2D eigenvalue weighted by Gasteiger charge is 2.25. The molecule has 4 rings (SSSR count). The topological polar surface area (TPSA) is 59.0 Å². The first-order valence-electron chi connectivity index (χ1n) is 9.47. The number of fused-ring (bicyclic) bond motifs is 3. The number of nitrogens with zero attached hydrogens (tertiary/aromatic N) is 3. The van der Waals surface area contributed by atoms with Gasteiger partial charge in [-0.15, -0.1) is 0 Å². The Morgan fingerprint density at radius 2 is 1.82 bits per heavy atom. The number of aromatic amines is 1. The second-order valence-electron chi connectivity index (χ2n) is 7.18. The maximum Gasteiger partial charge on any atom is 0.250 e. The van der Waals surface area contributed by atoms with E-state index in [0.717, 1.165) is 51.4 Å². The number of nitrogens with one attached hydrogen (secondary N) is 2. The maximum absolute atomic E-state index is 9.82. The molecule has 140 valence electrons. The van der Waals surface area contributed by atoms with Gasteiger partial charge in [0.15, 0.2) is 0 Å². The molecule has 2 aromatic carbocycles. The van der Waals surface area contributed by atoms with Gasteiger partial charge < -0.3 is 4.90 Å². The maximum atomic E-state index is 9.82. The molecule has 0 unspecified atom stereocenters. The fourth-order valence-corrected chi connectivity index (χ4v) is 3.81. The minimum Gasteiger partial charge on any atom is -0.378 e. The van der Waals surface area contributed by atoms with Crippen LogP contribution in [0.4, 0.5) is 17.2 Å². The Labute approximate surface area is 164 Å². The van der Waals surface area contributed by atoms with E-state index in [2.05, 4.69) is 62.9 Å². The molecule has 5 nitrogen and oxygen atoms in total. The fraction of sp³-hybridized carbons (Fsp3) is 0.217. The summed E-state index contributed by atoms with van der Waals surface area (Å²) < 4.78 is 2.14. The molecule has 0 fully saturated rings. The molecule has 5 heteroatoms. The van der Waals surface area contributed by atoms with Crippen LogP contribution in [0.15, 0.2) is 48.5 Å². The highest BCUT2D eigenvalue weighted by molar-refractivity contribution is 5.78. The van der Waals surface area contributed by atoms with Crippen LogP contribution in [0.1, 0.15) is 23.6 Å². The van der Waals surface area contributed by atoms with Crippen molar-refractivity contribution in [2.45, 2.75) is 20.3 Å². The number of hydrogen-bond acceptors (Lipinski definition) is 3. The van der Waals surface area contributed by atoms with Crippen molar-refractivity contribution in [1.82, 2.24) is 4.98 Å². The number of para-hydroxylation sites is 2. The summed E-state index contributed by atoms with van der Waals surface area (Å²) in [5, 5.41) is 13.4. The van der Waals surface area contributed by atoms with Gasteiger partial charge in [-0.05, 0) is 55.3 Å². The number of benzene rings is 2. The van der Waals surface area contributed by atoms with Crippen LogP contribution in [0.25, 0.3) is 16.7 Å². The summed E-state index contributed by atoms with van der Waals surface area (Å²) in [6.45, 7) is 4.16. The van der Waals surface area contributed by atoms with Gasteiger partial charge in [0, 0.05) is 25.3 Å². The van der Waals surface area contributed by atoms with Gasteiger partial charge in [0.25, 0.3) is 0 Å². The second-order valence-corrected chi connectivity index (χ2v) is 7.18. The van der Waals surface area contributed by atoms with E-state index in [4.69, 9.17) is 0 Å². The highest BCUT2D eigenvalue weighted by atomic mass is 15.1. The first kappa shape index (κ1) is 17.9. The fourth-order valence-electron chi connectivity index (χ4n) is 3.81. The molecule has 2 heterocycles. The van der Waals surface area contributed by atoms with E-state index in [-0.39, 0.29) is 0 Å². The second kappa shape index (κ2) is 6.90. The molecule has 2 N–H and O–H groups in total. The molecular formula is C23H24N5+. The Kier molecular flexibility index (Phi) is 4.40. The van der Waals surface area contributed by atoms with Gasteiger partial charge in [0.1, 0.15) is 22.7 Å². The van der Waals surface area contributed by atoms with Crippen LogP contribution in [0.2, 0.25) is 0 Å². The van der Waals surface area contributed by atoms with Crippen molar-refractivity contribution in [3.8, 4) is 6.07 Å². The summed E-state index contributed by atoms with van der Waals surface area (Å²) in [6.07, 6.45) is 0.834. The molecule has 0 aliphatic rings. The molecule has 4 aromatic rings. The van der Waals surface area contributed by atoms with Gasteiger partial charge in [0.05, 0.1) is 5.69 Å². The first-order chi connectivity index (χ1) is 13.5. The van der Waals surface area contributed by atoms with Crippen molar-refractivity contribution in [3.05, 3.63) is 65.2 Å². The van der Waals surface area contributed by atoms with Gasteiger partial charge in [-0.2, -0.15) is 9.66 Å². The van der Waals surface area contributed by atoms with Crippen LogP contribution in [-0.4, -0.2) is 19.1 Å². The van der Waals surface area contributed by atoms with Gasteiger partial charge in [0.2, 0.25) is 11.5 Å². The van der Waals surface area contributed by atoms with E-state index in [1.54, 1.807) is 0 Å². The molecule has 0 radical (unpaired) electrons. The minimum absolute atomic E-state index is 0.696. The lowest BCUT2D eigenvalue weighted by molar-refractivity contribution is -0.465. The minimum atomic E-state index is 0.696. The van der Waals surface area contributed by atoms with E-state index in [9.17, 15) is 5.26 Å². The SMILES string of the molecule is CCc1c(C)c(C#N)c2[nH]c3ccccc3[n+]2c1Nc1ccc(N(C)C)cc1. The summed E-state index contributed by atoms with van der Waals surface area (Å²) >= 11 is 0. The molecule has 0 atom stereocenters. The smallest absolute Gasteiger partial charge is 0.250 e. The summed E-state index contributed by atoms with van der Waals surface area (Å²) in [5.41, 5.74) is 7.92. The van der Waals surface area contributed by atoms with Gasteiger partial charge in [-0.3, -0.25) is 10.3 Å². The van der Waals surface area contributed by atoms with E-state index in [1.165, 1.54) is 0 Å². The summed E-state index contributed by atoms with van der Waals surface area (Å²) in [7, 11) is 4.07. The van der Waals surface area contributed by atoms with Gasteiger partial charge in [-0.25, -0.2) is 0 Å². The molecule has 2 aromatic heterocycles. The third-order valence-corrected chi connectivity index (χ3v) is 5.31. The molecule has 0 saturated heterocycles. The van der Waals surface area contributed by atoms with Crippen molar-refractivity contribution in [2.75, 3.05) is 24.3 Å². The largest absolute Gasteiger partial charge is 0.378 e. The average Bonchev–Trinajstić information content (AvgIpc) is 3.08. The number of rotatable bonds is 4. The van der Waals surface area contributed by atoms with E-state index < -0.39 is 0 Å². The predicted molar refractivity (Wildman–Crippen MR) is 114 cm³/mol. The highest BCUT2D eigenvalue weighted by Crippen LogP contribution is 2.28. The third-order valence-electron chi connectivity index (χ3n) is 5.31. The Hall–Kier alpha value is -3.52. The van der Waals surface area contributed by atoms with Crippen molar-refractivity contribution >= 4 is 33.9 Å². The predicted octanol–water partition coefficient (Wildman–Crippen LogP) is 4.46. The lowest BCUT2D eigenvalue weighted by Gasteiger charge is -2.14. The van der Waals surface area contributed by atoms with Crippen molar-refractivity contribution in [2.24, 2.45) is 0 Å². The standard InChI is InChI=1S/C23H23N5/c1-5-18-15(2)19(14-24)23-26-20-8-6-7-9-21(20)28(23)22(18)25-16-10-12-17(13-11-16)27(3)4/h6-13H,5H2,1-4H3,(H,25,26)/p+1. The lowest BCUT2D eigenvalue weighted by atomic mass is 10.0. The Balaban J connectivity index is 1.99. The number of hydrogen-bond donors (Lipinski definition) is 2. The molecule has 0 spiro atoms. The van der Waals surface area contributed by atoms with Gasteiger partial charge >= 0.3 is 0 Å². The van der Waals surface area contributed by atoms with E-state index in [0.29, 0.717) is 5.56 Å². The molecule has 0 saturated carbocycles. The number of H-pyrrole nitrogens is 1. The molecular weight excluding hydrogens is 346 g/mol. The molecule has 28 heavy (non-hydrogen) atoms. The Morgan fingerprint density at radius 3 is 2.46 bits per heavy atom. The lowest BCUT2D eigenvalue weighted by Crippen LogP contribution is -2.28. The normalized spacial score (nSPS) is 11.0. The van der Waals surface area contributed by atoms with Crippen LogP contribution in [-0.2, 0) is 6.42 Å². The Morgan fingerprint density at radius 1 is 1.11 bits per heavy atom. The quantitative estimate of drug-likeness (QED) is 0.522. The third kappa shape index (κ3) is 2.74. The van der Waals surface area contributed by atoms with Crippen LogP contribution < -0.4 is 14.6 Å². The number of pyridine rings is 1. The van der Waals surface area contributed by atoms with Crippen molar-refractivity contribution < 1.29 is 4.40 Å². The molecule has 0 aliphatic heterocycles. The van der Waals surface area contributed by atoms with Crippen molar-refractivity contribution in [1.29, 1.82) is 5.26 Å². The molecule has 0 aliphatic carbocycles. The number of nitriles is 1. The zero-order valence-electron chi connectivity index (χ0n) is 16.7. The van der Waals surface area contributed by atoms with Crippen LogP contribution >= 0.6 is 0 Å². The van der Waals surface area contributed by atoms with Crippen LogP contribution in [0, 0.1) is 18.3 Å². The molecule has 0 amide bonds. The first-order valence-corrected chi connectivity index (χ1v) is 9.47. The molecule has 0 bridgehead atoms.